The smallest absolute Gasteiger partial charge is 0.261 e. The van der Waals surface area contributed by atoms with Crippen molar-refractivity contribution in [1.29, 1.82) is 0 Å². The van der Waals surface area contributed by atoms with Crippen molar-refractivity contribution in [2.24, 2.45) is 0 Å². The number of hydrogen-bond donors (Lipinski definition) is 3. The summed E-state index contributed by atoms with van der Waals surface area (Å²) in [5.74, 6) is 2.18. The van der Waals surface area contributed by atoms with Gasteiger partial charge < -0.3 is 20.1 Å². The van der Waals surface area contributed by atoms with Gasteiger partial charge in [-0.1, -0.05) is 11.6 Å². The van der Waals surface area contributed by atoms with E-state index in [4.69, 9.17) is 21.1 Å². The zero-order valence-corrected chi connectivity index (χ0v) is 21.3. The highest BCUT2D eigenvalue weighted by molar-refractivity contribution is 7.92. The van der Waals surface area contributed by atoms with E-state index >= 15 is 0 Å². The van der Waals surface area contributed by atoms with Crippen LogP contribution in [0.2, 0.25) is 5.02 Å². The molecule has 4 aromatic rings. The van der Waals surface area contributed by atoms with Crippen molar-refractivity contribution in [2.45, 2.75) is 11.8 Å². The number of anilines is 5. The maximum atomic E-state index is 12.7. The van der Waals surface area contributed by atoms with Crippen molar-refractivity contribution in [3.8, 4) is 11.5 Å². The summed E-state index contributed by atoms with van der Waals surface area (Å²) in [7, 11) is -0.750. The van der Waals surface area contributed by atoms with Crippen molar-refractivity contribution in [2.75, 3.05) is 29.6 Å². The van der Waals surface area contributed by atoms with Crippen LogP contribution in [0.15, 0.2) is 77.7 Å². The molecule has 0 amide bonds. The molecule has 0 spiro atoms. The van der Waals surface area contributed by atoms with Crippen molar-refractivity contribution < 1.29 is 17.9 Å². The highest BCUT2D eigenvalue weighted by Crippen LogP contribution is 2.28. The van der Waals surface area contributed by atoms with Crippen molar-refractivity contribution >= 4 is 50.5 Å². The lowest BCUT2D eigenvalue weighted by Gasteiger charge is -2.12. The Morgan fingerprint density at radius 3 is 2.06 bits per heavy atom. The molecule has 36 heavy (non-hydrogen) atoms. The third-order valence-electron chi connectivity index (χ3n) is 5.04. The number of rotatable bonds is 9. The van der Waals surface area contributed by atoms with Gasteiger partial charge in [-0.2, -0.15) is 4.98 Å². The highest BCUT2D eigenvalue weighted by Gasteiger charge is 2.16. The van der Waals surface area contributed by atoms with Gasteiger partial charge >= 0.3 is 0 Å². The molecular formula is C25H24ClN5O4S. The minimum atomic E-state index is -3.83. The van der Waals surface area contributed by atoms with Gasteiger partial charge in [0.2, 0.25) is 5.95 Å². The number of aryl methyl sites for hydroxylation is 1. The summed E-state index contributed by atoms with van der Waals surface area (Å²) >= 11 is 6.07. The lowest BCUT2D eigenvalue weighted by molar-refractivity contribution is 0.414. The van der Waals surface area contributed by atoms with Crippen LogP contribution in [0, 0.1) is 6.92 Å². The van der Waals surface area contributed by atoms with E-state index in [0.29, 0.717) is 28.9 Å². The summed E-state index contributed by atoms with van der Waals surface area (Å²) in [5.41, 5.74) is 2.70. The molecule has 9 nitrogen and oxygen atoms in total. The van der Waals surface area contributed by atoms with E-state index in [9.17, 15) is 8.42 Å². The summed E-state index contributed by atoms with van der Waals surface area (Å²) in [4.78, 5) is 8.97. The molecule has 0 aliphatic rings. The third-order valence-corrected chi connectivity index (χ3v) is 6.72. The maximum absolute atomic E-state index is 12.7. The number of halogens is 1. The van der Waals surface area contributed by atoms with Crippen LogP contribution in [0.5, 0.6) is 11.5 Å². The van der Waals surface area contributed by atoms with Gasteiger partial charge in [-0.05, 0) is 73.7 Å². The molecule has 0 atom stereocenters. The largest absolute Gasteiger partial charge is 0.497 e. The summed E-state index contributed by atoms with van der Waals surface area (Å²) in [6, 6.07) is 20.3. The number of methoxy groups -OCH3 is 2. The first kappa shape index (κ1) is 25.1. The van der Waals surface area contributed by atoms with Crippen LogP contribution in [0.25, 0.3) is 0 Å². The number of sulfonamides is 1. The van der Waals surface area contributed by atoms with E-state index < -0.39 is 10.0 Å². The zero-order valence-electron chi connectivity index (χ0n) is 19.7. The van der Waals surface area contributed by atoms with Crippen molar-refractivity contribution in [3.05, 3.63) is 83.5 Å². The lowest BCUT2D eigenvalue weighted by atomic mass is 10.3. The van der Waals surface area contributed by atoms with Gasteiger partial charge in [0.1, 0.15) is 17.3 Å². The standard InChI is InChI=1S/C25H24ClN5O4S/c1-16-14-24(28-17-8-10-20(34-2)11-9-17)30-25(27-16)29-18-4-6-19(7-5-18)31-36(32,33)21-12-13-23(35-3)22(26)15-21/h4-15,31H,1-3H3,(H2,27,28,29,30). The van der Waals surface area contributed by atoms with Gasteiger partial charge in [-0.15, -0.1) is 0 Å². The molecular weight excluding hydrogens is 502 g/mol. The molecule has 1 aromatic heterocycles. The molecule has 11 heteroatoms. The van der Waals surface area contributed by atoms with Gasteiger partial charge in [0.25, 0.3) is 10.0 Å². The summed E-state index contributed by atoms with van der Waals surface area (Å²) in [6.07, 6.45) is 0. The van der Waals surface area contributed by atoms with Crippen LogP contribution >= 0.6 is 11.6 Å². The Kier molecular flexibility index (Phi) is 7.47. The molecule has 0 saturated carbocycles. The van der Waals surface area contributed by atoms with Crippen LogP contribution < -0.4 is 24.8 Å². The molecule has 0 saturated heterocycles. The Morgan fingerprint density at radius 1 is 0.778 bits per heavy atom. The van der Waals surface area contributed by atoms with E-state index in [1.54, 1.807) is 31.4 Å². The second-order valence-electron chi connectivity index (χ2n) is 7.68. The Morgan fingerprint density at radius 2 is 1.42 bits per heavy atom. The minimum absolute atomic E-state index is 0.0283. The van der Waals surface area contributed by atoms with E-state index in [2.05, 4.69) is 25.3 Å². The average molecular weight is 526 g/mol. The van der Waals surface area contributed by atoms with Gasteiger partial charge in [0, 0.05) is 28.8 Å². The van der Waals surface area contributed by atoms with Gasteiger partial charge in [0.05, 0.1) is 24.1 Å². The molecule has 0 fully saturated rings. The average Bonchev–Trinajstić information content (AvgIpc) is 2.85. The lowest BCUT2D eigenvalue weighted by Crippen LogP contribution is -2.13. The van der Waals surface area contributed by atoms with E-state index in [-0.39, 0.29) is 9.92 Å². The first-order chi connectivity index (χ1) is 17.3. The van der Waals surface area contributed by atoms with Crippen LogP contribution in [0.1, 0.15) is 5.69 Å². The van der Waals surface area contributed by atoms with Crippen molar-refractivity contribution in [1.82, 2.24) is 9.97 Å². The van der Waals surface area contributed by atoms with E-state index in [1.165, 1.54) is 25.3 Å². The second-order valence-corrected chi connectivity index (χ2v) is 9.77. The molecule has 0 aliphatic heterocycles. The zero-order chi connectivity index (χ0) is 25.7. The minimum Gasteiger partial charge on any atom is -0.497 e. The van der Waals surface area contributed by atoms with Gasteiger partial charge in [-0.3, -0.25) is 4.72 Å². The number of benzene rings is 3. The van der Waals surface area contributed by atoms with Crippen LogP contribution in [0.4, 0.5) is 28.8 Å². The van der Waals surface area contributed by atoms with Crippen LogP contribution in [-0.2, 0) is 10.0 Å². The predicted molar refractivity (Wildman–Crippen MR) is 142 cm³/mol. The van der Waals surface area contributed by atoms with Gasteiger partial charge in [-0.25, -0.2) is 13.4 Å². The molecule has 0 radical (unpaired) electrons. The van der Waals surface area contributed by atoms with Crippen LogP contribution in [-0.4, -0.2) is 32.6 Å². The molecule has 3 aromatic carbocycles. The SMILES string of the molecule is COc1ccc(Nc2cc(C)nc(Nc3ccc(NS(=O)(=O)c4ccc(OC)c(Cl)c4)cc3)n2)cc1. The topological polar surface area (TPSA) is 114 Å². The molecule has 1 heterocycles. The molecule has 186 valence electrons. The number of hydrogen-bond acceptors (Lipinski definition) is 8. The Labute approximate surface area is 214 Å². The normalized spacial score (nSPS) is 11.0. The second kappa shape index (κ2) is 10.7. The summed E-state index contributed by atoms with van der Waals surface area (Å²) in [6.45, 7) is 1.87. The maximum Gasteiger partial charge on any atom is 0.261 e. The Bertz CT molecular complexity index is 1460. The van der Waals surface area contributed by atoms with E-state index in [1.807, 2.05) is 37.3 Å². The quantitative estimate of drug-likeness (QED) is 0.253. The van der Waals surface area contributed by atoms with Gasteiger partial charge in [0.15, 0.2) is 0 Å². The fourth-order valence-corrected chi connectivity index (χ4v) is 4.70. The number of aromatic nitrogens is 2. The molecule has 0 unspecified atom stereocenters. The van der Waals surface area contributed by atoms with Crippen molar-refractivity contribution in [3.63, 3.8) is 0 Å². The molecule has 3 N–H and O–H groups in total. The Balaban J connectivity index is 1.45. The Hall–Kier alpha value is -4.02. The molecule has 0 aliphatic carbocycles. The summed E-state index contributed by atoms with van der Waals surface area (Å²) < 4.78 is 38.3. The first-order valence-corrected chi connectivity index (χ1v) is 12.6. The number of nitrogens with zero attached hydrogens (tertiary/aromatic N) is 2. The molecule has 4 rings (SSSR count). The first-order valence-electron chi connectivity index (χ1n) is 10.8. The summed E-state index contributed by atoms with van der Waals surface area (Å²) in [5, 5.41) is 6.59. The fraction of sp³-hybridized carbons (Fsp3) is 0.120. The number of nitrogens with one attached hydrogen (secondary N) is 3. The monoisotopic (exact) mass is 525 g/mol. The highest BCUT2D eigenvalue weighted by atomic mass is 35.5. The third kappa shape index (κ3) is 6.15. The van der Waals surface area contributed by atoms with E-state index in [0.717, 1.165) is 17.1 Å². The predicted octanol–water partition coefficient (Wildman–Crippen LogP) is 5.74. The molecule has 0 bridgehead atoms. The van der Waals surface area contributed by atoms with Crippen LogP contribution in [0.3, 0.4) is 0 Å². The fourth-order valence-electron chi connectivity index (χ4n) is 3.29. The number of ether oxygens (including phenoxy) is 2.